The van der Waals surface area contributed by atoms with Crippen LogP contribution in [0.4, 0.5) is 8.78 Å². The number of halogens is 3. The lowest BCUT2D eigenvalue weighted by molar-refractivity contribution is 0.414. The molecule has 0 aliphatic carbocycles. The van der Waals surface area contributed by atoms with Gasteiger partial charge in [0.05, 0.1) is 7.11 Å². The summed E-state index contributed by atoms with van der Waals surface area (Å²) in [7, 11) is 1.56. The molecular weight excluding hydrogens is 328 g/mol. The summed E-state index contributed by atoms with van der Waals surface area (Å²) < 4.78 is 33.3. The molecule has 0 spiro atoms. The Labute approximate surface area is 124 Å². The van der Waals surface area contributed by atoms with Gasteiger partial charge in [0.15, 0.2) is 0 Å². The SMILES string of the molecule is COc1ccc(Br)c(CC(N)c2c(F)cccc2F)c1. The van der Waals surface area contributed by atoms with Gasteiger partial charge in [0, 0.05) is 16.1 Å². The minimum atomic E-state index is -0.764. The maximum atomic E-state index is 13.7. The summed E-state index contributed by atoms with van der Waals surface area (Å²) in [6, 6.07) is 8.38. The van der Waals surface area contributed by atoms with Crippen molar-refractivity contribution in [1.29, 1.82) is 0 Å². The highest BCUT2D eigenvalue weighted by Gasteiger charge is 2.18. The number of hydrogen-bond donors (Lipinski definition) is 1. The predicted molar refractivity (Wildman–Crippen MR) is 77.7 cm³/mol. The number of hydrogen-bond acceptors (Lipinski definition) is 2. The van der Waals surface area contributed by atoms with Crippen molar-refractivity contribution >= 4 is 15.9 Å². The maximum absolute atomic E-state index is 13.7. The summed E-state index contributed by atoms with van der Waals surface area (Å²) in [6.45, 7) is 0. The molecule has 0 saturated carbocycles. The molecule has 20 heavy (non-hydrogen) atoms. The Bertz CT molecular complexity index is 599. The quantitative estimate of drug-likeness (QED) is 0.912. The zero-order chi connectivity index (χ0) is 14.7. The number of methoxy groups -OCH3 is 1. The fourth-order valence-corrected chi connectivity index (χ4v) is 2.45. The van der Waals surface area contributed by atoms with Gasteiger partial charge < -0.3 is 10.5 Å². The standard InChI is InChI=1S/C15H14BrF2NO/c1-20-10-5-6-11(16)9(7-10)8-14(19)15-12(17)3-2-4-13(15)18/h2-7,14H,8,19H2,1H3. The molecule has 1 unspecified atom stereocenters. The van der Waals surface area contributed by atoms with Crippen molar-refractivity contribution in [3.05, 3.63) is 63.6 Å². The molecule has 2 nitrogen and oxygen atoms in total. The number of ether oxygens (including phenoxy) is 1. The number of benzene rings is 2. The van der Waals surface area contributed by atoms with Gasteiger partial charge in [0.2, 0.25) is 0 Å². The summed E-state index contributed by atoms with van der Waals surface area (Å²) in [5.74, 6) is -0.586. The minimum Gasteiger partial charge on any atom is -0.497 e. The first kappa shape index (κ1) is 14.9. The molecule has 0 bridgehead atoms. The van der Waals surface area contributed by atoms with Crippen LogP contribution in [-0.4, -0.2) is 7.11 Å². The summed E-state index contributed by atoms with van der Waals surface area (Å²) in [4.78, 5) is 0. The average molecular weight is 342 g/mol. The van der Waals surface area contributed by atoms with Crippen LogP contribution in [-0.2, 0) is 6.42 Å². The van der Waals surface area contributed by atoms with Gasteiger partial charge in [-0.3, -0.25) is 0 Å². The first-order valence-electron chi connectivity index (χ1n) is 6.05. The fraction of sp³-hybridized carbons (Fsp3) is 0.200. The van der Waals surface area contributed by atoms with Crippen LogP contribution in [0.2, 0.25) is 0 Å². The lowest BCUT2D eigenvalue weighted by Gasteiger charge is -2.15. The van der Waals surface area contributed by atoms with Crippen molar-refractivity contribution in [2.45, 2.75) is 12.5 Å². The van der Waals surface area contributed by atoms with Gasteiger partial charge in [0.25, 0.3) is 0 Å². The van der Waals surface area contributed by atoms with E-state index in [9.17, 15) is 8.78 Å². The molecule has 0 aliphatic heterocycles. The van der Waals surface area contributed by atoms with Gasteiger partial charge >= 0.3 is 0 Å². The fourth-order valence-electron chi connectivity index (χ4n) is 2.04. The third-order valence-electron chi connectivity index (χ3n) is 3.06. The normalized spacial score (nSPS) is 12.2. The monoisotopic (exact) mass is 341 g/mol. The molecule has 106 valence electrons. The molecule has 2 N–H and O–H groups in total. The van der Waals surface area contributed by atoms with Crippen LogP contribution in [0, 0.1) is 11.6 Å². The number of nitrogens with two attached hydrogens (primary N) is 1. The van der Waals surface area contributed by atoms with Crippen LogP contribution >= 0.6 is 15.9 Å². The second-order valence-corrected chi connectivity index (χ2v) is 5.26. The zero-order valence-corrected chi connectivity index (χ0v) is 12.5. The Hall–Kier alpha value is -1.46. The van der Waals surface area contributed by atoms with Crippen molar-refractivity contribution < 1.29 is 13.5 Å². The molecule has 0 saturated heterocycles. The molecule has 0 amide bonds. The molecular formula is C15H14BrF2NO. The van der Waals surface area contributed by atoms with E-state index in [0.717, 1.165) is 10.0 Å². The van der Waals surface area contributed by atoms with E-state index in [0.29, 0.717) is 12.2 Å². The molecule has 1 atom stereocenters. The van der Waals surface area contributed by atoms with E-state index < -0.39 is 17.7 Å². The smallest absolute Gasteiger partial charge is 0.130 e. The zero-order valence-electron chi connectivity index (χ0n) is 10.9. The topological polar surface area (TPSA) is 35.2 Å². The van der Waals surface area contributed by atoms with E-state index in [1.165, 1.54) is 18.2 Å². The Balaban J connectivity index is 2.30. The third-order valence-corrected chi connectivity index (χ3v) is 3.84. The number of rotatable bonds is 4. The van der Waals surface area contributed by atoms with E-state index in [2.05, 4.69) is 15.9 Å². The van der Waals surface area contributed by atoms with Crippen LogP contribution in [0.1, 0.15) is 17.2 Å². The van der Waals surface area contributed by atoms with Crippen molar-refractivity contribution in [3.8, 4) is 5.75 Å². The highest BCUT2D eigenvalue weighted by Crippen LogP contribution is 2.28. The van der Waals surface area contributed by atoms with Crippen LogP contribution in [0.15, 0.2) is 40.9 Å². The van der Waals surface area contributed by atoms with Gasteiger partial charge in [-0.05, 0) is 42.3 Å². The lowest BCUT2D eigenvalue weighted by atomic mass is 9.98. The van der Waals surface area contributed by atoms with E-state index in [-0.39, 0.29) is 5.56 Å². The Morgan fingerprint density at radius 2 is 1.85 bits per heavy atom. The lowest BCUT2D eigenvalue weighted by Crippen LogP contribution is -2.17. The van der Waals surface area contributed by atoms with Crippen LogP contribution in [0.5, 0.6) is 5.75 Å². The van der Waals surface area contributed by atoms with E-state index in [1.54, 1.807) is 19.2 Å². The van der Waals surface area contributed by atoms with E-state index in [4.69, 9.17) is 10.5 Å². The first-order valence-corrected chi connectivity index (χ1v) is 6.84. The molecule has 2 aromatic carbocycles. The highest BCUT2D eigenvalue weighted by atomic mass is 79.9. The second kappa shape index (κ2) is 6.33. The van der Waals surface area contributed by atoms with Crippen molar-refractivity contribution in [2.75, 3.05) is 7.11 Å². The van der Waals surface area contributed by atoms with Crippen LogP contribution in [0.3, 0.4) is 0 Å². The maximum Gasteiger partial charge on any atom is 0.130 e. The van der Waals surface area contributed by atoms with Crippen molar-refractivity contribution in [3.63, 3.8) is 0 Å². The largest absolute Gasteiger partial charge is 0.497 e. The van der Waals surface area contributed by atoms with Crippen molar-refractivity contribution in [2.24, 2.45) is 5.73 Å². The minimum absolute atomic E-state index is 0.0952. The summed E-state index contributed by atoms with van der Waals surface area (Å²) in [5, 5.41) is 0. The van der Waals surface area contributed by atoms with Crippen LogP contribution < -0.4 is 10.5 Å². The second-order valence-electron chi connectivity index (χ2n) is 4.40. The van der Waals surface area contributed by atoms with Crippen molar-refractivity contribution in [1.82, 2.24) is 0 Å². The van der Waals surface area contributed by atoms with Gasteiger partial charge in [-0.25, -0.2) is 8.78 Å². The molecule has 0 fully saturated rings. The van der Waals surface area contributed by atoms with E-state index >= 15 is 0 Å². The van der Waals surface area contributed by atoms with Gasteiger partial charge in [-0.1, -0.05) is 22.0 Å². The van der Waals surface area contributed by atoms with E-state index in [1.807, 2.05) is 6.07 Å². The average Bonchev–Trinajstić information content (AvgIpc) is 2.41. The predicted octanol–water partition coefficient (Wildman–Crippen LogP) is 3.98. The summed E-state index contributed by atoms with van der Waals surface area (Å²) in [5.41, 5.74) is 6.69. The Morgan fingerprint density at radius 3 is 2.45 bits per heavy atom. The van der Waals surface area contributed by atoms with Crippen LogP contribution in [0.25, 0.3) is 0 Å². The highest BCUT2D eigenvalue weighted by molar-refractivity contribution is 9.10. The molecule has 0 aromatic heterocycles. The third kappa shape index (κ3) is 3.16. The Kier molecular flexibility index (Phi) is 4.73. The first-order chi connectivity index (χ1) is 9.52. The van der Waals surface area contributed by atoms with Gasteiger partial charge in [0.1, 0.15) is 17.4 Å². The molecule has 5 heteroatoms. The molecule has 2 aromatic rings. The molecule has 2 rings (SSSR count). The Morgan fingerprint density at radius 1 is 1.20 bits per heavy atom. The van der Waals surface area contributed by atoms with Gasteiger partial charge in [-0.15, -0.1) is 0 Å². The summed E-state index contributed by atoms with van der Waals surface area (Å²) in [6.07, 6.45) is 0.301. The molecule has 0 aliphatic rings. The van der Waals surface area contributed by atoms with Gasteiger partial charge in [-0.2, -0.15) is 0 Å². The molecule has 0 radical (unpaired) electrons. The molecule has 0 heterocycles. The summed E-state index contributed by atoms with van der Waals surface area (Å²) >= 11 is 3.40.